The number of rotatable bonds is 6. The summed E-state index contributed by atoms with van der Waals surface area (Å²) in [5, 5.41) is 9.12. The zero-order valence-electron chi connectivity index (χ0n) is 11.9. The lowest BCUT2D eigenvalue weighted by atomic mass is 10.0. The molecule has 0 aliphatic rings. The van der Waals surface area contributed by atoms with E-state index in [1.165, 1.54) is 6.07 Å². The maximum absolute atomic E-state index is 13.8. The van der Waals surface area contributed by atoms with Crippen LogP contribution in [0.1, 0.15) is 26.2 Å². The first-order chi connectivity index (χ1) is 10.1. The number of halogens is 2. The Morgan fingerprint density at radius 1 is 0.952 bits per heavy atom. The third-order valence-electron chi connectivity index (χ3n) is 3.24. The topological polar surface area (TPSA) is 29.5 Å². The molecule has 0 atom stereocenters. The largest absolute Gasteiger partial charge is 0.505 e. The Morgan fingerprint density at radius 2 is 1.67 bits per heavy atom. The van der Waals surface area contributed by atoms with E-state index < -0.39 is 17.4 Å². The summed E-state index contributed by atoms with van der Waals surface area (Å²) in [7, 11) is 0. The number of hydrogen-bond donors (Lipinski definition) is 1. The molecular formula is C17H18F2O2. The highest BCUT2D eigenvalue weighted by Crippen LogP contribution is 2.30. The van der Waals surface area contributed by atoms with Crippen LogP contribution in [0.2, 0.25) is 0 Å². The van der Waals surface area contributed by atoms with E-state index in [1.54, 1.807) is 24.3 Å². The van der Waals surface area contributed by atoms with Gasteiger partial charge < -0.3 is 9.84 Å². The Bertz CT molecular complexity index is 594. The fourth-order valence-corrected chi connectivity index (χ4v) is 2.04. The molecule has 4 heteroatoms. The van der Waals surface area contributed by atoms with Crippen LogP contribution in [0.25, 0.3) is 11.1 Å². The normalized spacial score (nSPS) is 10.6. The molecule has 112 valence electrons. The Balaban J connectivity index is 2.10. The average molecular weight is 292 g/mol. The summed E-state index contributed by atoms with van der Waals surface area (Å²) < 4.78 is 32.7. The Hall–Kier alpha value is -2.10. The van der Waals surface area contributed by atoms with Gasteiger partial charge in [-0.25, -0.2) is 4.39 Å². The number of unbranched alkanes of at least 4 members (excludes halogenated alkanes) is 2. The van der Waals surface area contributed by atoms with Gasteiger partial charge in [-0.05, 0) is 36.2 Å². The molecule has 0 amide bonds. The molecule has 0 fully saturated rings. The van der Waals surface area contributed by atoms with Crippen molar-refractivity contribution in [1.29, 1.82) is 0 Å². The van der Waals surface area contributed by atoms with Crippen LogP contribution in [-0.4, -0.2) is 11.7 Å². The molecule has 1 N–H and O–H groups in total. The summed E-state index contributed by atoms with van der Waals surface area (Å²) >= 11 is 0. The van der Waals surface area contributed by atoms with E-state index in [-0.39, 0.29) is 5.56 Å². The van der Waals surface area contributed by atoms with E-state index >= 15 is 0 Å². The van der Waals surface area contributed by atoms with Crippen LogP contribution in [0.15, 0.2) is 36.4 Å². The molecular weight excluding hydrogens is 274 g/mol. The smallest absolute Gasteiger partial charge is 0.200 e. The van der Waals surface area contributed by atoms with Crippen molar-refractivity contribution in [2.75, 3.05) is 6.61 Å². The Labute approximate surface area is 123 Å². The van der Waals surface area contributed by atoms with Crippen molar-refractivity contribution in [3.63, 3.8) is 0 Å². The fraction of sp³-hybridized carbons (Fsp3) is 0.294. The van der Waals surface area contributed by atoms with Gasteiger partial charge in [0, 0.05) is 5.56 Å². The van der Waals surface area contributed by atoms with Gasteiger partial charge in [-0.15, -0.1) is 0 Å². The number of ether oxygens (including phenoxy) is 1. The summed E-state index contributed by atoms with van der Waals surface area (Å²) in [5.74, 6) is -2.26. The molecule has 0 saturated heterocycles. The van der Waals surface area contributed by atoms with Gasteiger partial charge in [-0.3, -0.25) is 0 Å². The Morgan fingerprint density at radius 3 is 2.33 bits per heavy atom. The maximum Gasteiger partial charge on any atom is 0.200 e. The molecule has 0 aliphatic carbocycles. The van der Waals surface area contributed by atoms with Crippen LogP contribution in [-0.2, 0) is 0 Å². The molecule has 0 heterocycles. The monoisotopic (exact) mass is 292 g/mol. The molecule has 2 nitrogen and oxygen atoms in total. The van der Waals surface area contributed by atoms with Crippen LogP contribution in [0.3, 0.4) is 0 Å². The first-order valence-electron chi connectivity index (χ1n) is 7.03. The van der Waals surface area contributed by atoms with Crippen LogP contribution < -0.4 is 4.74 Å². The van der Waals surface area contributed by atoms with Crippen LogP contribution in [0.5, 0.6) is 11.5 Å². The molecule has 21 heavy (non-hydrogen) atoms. The van der Waals surface area contributed by atoms with Crippen molar-refractivity contribution >= 4 is 0 Å². The van der Waals surface area contributed by atoms with Crippen molar-refractivity contribution in [3.05, 3.63) is 48.0 Å². The van der Waals surface area contributed by atoms with Gasteiger partial charge in [0.25, 0.3) is 0 Å². The van der Waals surface area contributed by atoms with Crippen LogP contribution in [0.4, 0.5) is 8.78 Å². The highest BCUT2D eigenvalue weighted by molar-refractivity contribution is 5.65. The summed E-state index contributed by atoms with van der Waals surface area (Å²) in [6.07, 6.45) is 3.25. The predicted octanol–water partition coefficient (Wildman–Crippen LogP) is 4.91. The van der Waals surface area contributed by atoms with Crippen molar-refractivity contribution < 1.29 is 18.6 Å². The SMILES string of the molecule is CCCCCOc1ccc(-c2ccc(O)c(F)c2F)cc1. The van der Waals surface area contributed by atoms with E-state index in [9.17, 15) is 8.78 Å². The zero-order chi connectivity index (χ0) is 15.2. The molecule has 2 aromatic carbocycles. The quantitative estimate of drug-likeness (QED) is 0.767. The lowest BCUT2D eigenvalue weighted by molar-refractivity contribution is 0.306. The van der Waals surface area contributed by atoms with Crippen molar-refractivity contribution in [1.82, 2.24) is 0 Å². The van der Waals surface area contributed by atoms with E-state index in [2.05, 4.69) is 6.92 Å². The molecule has 0 bridgehead atoms. The maximum atomic E-state index is 13.8. The van der Waals surface area contributed by atoms with Gasteiger partial charge in [0.15, 0.2) is 11.6 Å². The molecule has 0 aliphatic heterocycles. The van der Waals surface area contributed by atoms with Gasteiger partial charge in [-0.1, -0.05) is 31.9 Å². The number of phenols is 1. The van der Waals surface area contributed by atoms with Gasteiger partial charge in [0.05, 0.1) is 6.61 Å². The lowest BCUT2D eigenvalue weighted by Gasteiger charge is -2.08. The highest BCUT2D eigenvalue weighted by atomic mass is 19.2. The molecule has 0 radical (unpaired) electrons. The molecule has 0 aromatic heterocycles. The zero-order valence-corrected chi connectivity index (χ0v) is 11.9. The molecule has 0 spiro atoms. The second kappa shape index (κ2) is 7.07. The van der Waals surface area contributed by atoms with E-state index in [0.717, 1.165) is 25.3 Å². The fourth-order valence-electron chi connectivity index (χ4n) is 2.04. The molecule has 2 aromatic rings. The predicted molar refractivity (Wildman–Crippen MR) is 78.5 cm³/mol. The highest BCUT2D eigenvalue weighted by Gasteiger charge is 2.14. The van der Waals surface area contributed by atoms with Crippen molar-refractivity contribution in [2.45, 2.75) is 26.2 Å². The minimum atomic E-state index is -1.23. The molecule has 0 saturated carbocycles. The second-order valence-corrected chi connectivity index (χ2v) is 4.84. The molecule has 2 rings (SSSR count). The number of hydrogen-bond acceptors (Lipinski definition) is 2. The first-order valence-corrected chi connectivity index (χ1v) is 7.03. The van der Waals surface area contributed by atoms with Gasteiger partial charge in [-0.2, -0.15) is 4.39 Å². The summed E-state index contributed by atoms with van der Waals surface area (Å²) in [5.41, 5.74) is 0.648. The second-order valence-electron chi connectivity index (χ2n) is 4.84. The lowest BCUT2D eigenvalue weighted by Crippen LogP contribution is -1.97. The van der Waals surface area contributed by atoms with Crippen LogP contribution >= 0.6 is 0 Å². The standard InChI is InChI=1S/C17H18F2O2/c1-2-3-4-11-21-13-7-5-12(6-8-13)14-9-10-15(20)17(19)16(14)18/h5-10,20H,2-4,11H2,1H3. The van der Waals surface area contributed by atoms with Crippen molar-refractivity contribution in [3.8, 4) is 22.6 Å². The third-order valence-corrected chi connectivity index (χ3v) is 3.24. The van der Waals surface area contributed by atoms with E-state index in [4.69, 9.17) is 9.84 Å². The Kier molecular flexibility index (Phi) is 5.14. The van der Waals surface area contributed by atoms with Gasteiger partial charge in [0.1, 0.15) is 5.75 Å². The number of benzene rings is 2. The number of phenolic OH excluding ortho intramolecular Hbond substituents is 1. The van der Waals surface area contributed by atoms with E-state index in [1.807, 2.05) is 0 Å². The average Bonchev–Trinajstić information content (AvgIpc) is 2.50. The van der Waals surface area contributed by atoms with Gasteiger partial charge in [0.2, 0.25) is 5.82 Å². The molecule has 0 unspecified atom stereocenters. The summed E-state index contributed by atoms with van der Waals surface area (Å²) in [6.45, 7) is 2.77. The minimum Gasteiger partial charge on any atom is -0.505 e. The summed E-state index contributed by atoms with van der Waals surface area (Å²) in [6, 6.07) is 9.29. The number of aromatic hydroxyl groups is 1. The van der Waals surface area contributed by atoms with Crippen molar-refractivity contribution in [2.24, 2.45) is 0 Å². The third kappa shape index (κ3) is 3.72. The van der Waals surface area contributed by atoms with E-state index in [0.29, 0.717) is 17.9 Å². The van der Waals surface area contributed by atoms with Crippen LogP contribution in [0, 0.1) is 11.6 Å². The van der Waals surface area contributed by atoms with Gasteiger partial charge >= 0.3 is 0 Å². The summed E-state index contributed by atoms with van der Waals surface area (Å²) in [4.78, 5) is 0. The minimum absolute atomic E-state index is 0.114. The first kappa shape index (κ1) is 15.3.